The van der Waals surface area contributed by atoms with Crippen molar-refractivity contribution in [3.63, 3.8) is 0 Å². The molecule has 3 atom stereocenters. The van der Waals surface area contributed by atoms with Gasteiger partial charge in [-0.25, -0.2) is 4.39 Å². The van der Waals surface area contributed by atoms with E-state index in [4.69, 9.17) is 0 Å². The molecule has 3 unspecified atom stereocenters. The van der Waals surface area contributed by atoms with E-state index in [2.05, 4.69) is 5.32 Å². The minimum Gasteiger partial charge on any atom is -0.359 e. The molecule has 0 heterocycles. The standard InChI is InChI=1S/C9H13F4NO/c1-14-8(15)7-5(9(11,12)13)3-2-4-6(7)10/h5-7H,2-4H2,1H3,(H,14,15). The van der Waals surface area contributed by atoms with Crippen molar-refractivity contribution in [2.24, 2.45) is 11.8 Å². The molecule has 0 aliphatic heterocycles. The Morgan fingerprint density at radius 1 is 1.33 bits per heavy atom. The van der Waals surface area contributed by atoms with Crippen molar-refractivity contribution < 1.29 is 22.4 Å². The zero-order chi connectivity index (χ0) is 11.6. The fourth-order valence-electron chi connectivity index (χ4n) is 2.02. The molecule has 1 aliphatic carbocycles. The fourth-order valence-corrected chi connectivity index (χ4v) is 2.02. The summed E-state index contributed by atoms with van der Waals surface area (Å²) in [4.78, 5) is 11.2. The molecule has 1 saturated carbocycles. The first kappa shape index (κ1) is 12.3. The van der Waals surface area contributed by atoms with Gasteiger partial charge in [0, 0.05) is 7.05 Å². The van der Waals surface area contributed by atoms with Crippen molar-refractivity contribution >= 4 is 5.91 Å². The van der Waals surface area contributed by atoms with E-state index < -0.39 is 30.1 Å². The molecular formula is C9H13F4NO. The largest absolute Gasteiger partial charge is 0.392 e. The first-order chi connectivity index (χ1) is 6.88. The quantitative estimate of drug-likeness (QED) is 0.682. The maximum Gasteiger partial charge on any atom is 0.392 e. The summed E-state index contributed by atoms with van der Waals surface area (Å²) >= 11 is 0. The van der Waals surface area contributed by atoms with Crippen molar-refractivity contribution in [2.75, 3.05) is 7.05 Å². The summed E-state index contributed by atoms with van der Waals surface area (Å²) in [5.74, 6) is -4.28. The van der Waals surface area contributed by atoms with E-state index in [1.54, 1.807) is 0 Å². The lowest BCUT2D eigenvalue weighted by molar-refractivity contribution is -0.204. The predicted molar refractivity (Wildman–Crippen MR) is 45.8 cm³/mol. The maximum absolute atomic E-state index is 13.3. The molecular weight excluding hydrogens is 214 g/mol. The van der Waals surface area contributed by atoms with Gasteiger partial charge in [0.1, 0.15) is 6.17 Å². The monoisotopic (exact) mass is 227 g/mol. The number of carbonyl (C=O) groups is 1. The molecule has 0 aromatic carbocycles. The van der Waals surface area contributed by atoms with Crippen LogP contribution in [0.25, 0.3) is 0 Å². The van der Waals surface area contributed by atoms with E-state index in [-0.39, 0.29) is 19.3 Å². The van der Waals surface area contributed by atoms with Crippen LogP contribution in [0.1, 0.15) is 19.3 Å². The summed E-state index contributed by atoms with van der Waals surface area (Å²) in [5, 5.41) is 2.09. The molecule has 2 nitrogen and oxygen atoms in total. The van der Waals surface area contributed by atoms with Gasteiger partial charge >= 0.3 is 6.18 Å². The summed E-state index contributed by atoms with van der Waals surface area (Å²) in [5.41, 5.74) is 0. The average Bonchev–Trinajstić information content (AvgIpc) is 2.15. The molecule has 6 heteroatoms. The van der Waals surface area contributed by atoms with Crippen LogP contribution in [0.4, 0.5) is 17.6 Å². The smallest absolute Gasteiger partial charge is 0.359 e. The molecule has 0 radical (unpaired) electrons. The van der Waals surface area contributed by atoms with Gasteiger partial charge in [-0.1, -0.05) is 0 Å². The Bertz CT molecular complexity index is 241. The SMILES string of the molecule is CNC(=O)C1C(F)CCCC1C(F)(F)F. The predicted octanol–water partition coefficient (Wildman–Crippen LogP) is 2.05. The van der Waals surface area contributed by atoms with E-state index in [0.717, 1.165) is 0 Å². The van der Waals surface area contributed by atoms with E-state index in [1.807, 2.05) is 0 Å². The minimum absolute atomic E-state index is 0.0324. The van der Waals surface area contributed by atoms with E-state index >= 15 is 0 Å². The van der Waals surface area contributed by atoms with Gasteiger partial charge in [-0.05, 0) is 19.3 Å². The van der Waals surface area contributed by atoms with Crippen molar-refractivity contribution in [3.05, 3.63) is 0 Å². The van der Waals surface area contributed by atoms with E-state index in [1.165, 1.54) is 7.05 Å². The van der Waals surface area contributed by atoms with Crippen molar-refractivity contribution in [2.45, 2.75) is 31.6 Å². The third-order valence-electron chi connectivity index (χ3n) is 2.79. The van der Waals surface area contributed by atoms with Crippen molar-refractivity contribution in [3.8, 4) is 0 Å². The highest BCUT2D eigenvalue weighted by Crippen LogP contribution is 2.42. The number of carbonyl (C=O) groups excluding carboxylic acids is 1. The highest BCUT2D eigenvalue weighted by molar-refractivity contribution is 5.79. The number of hydrogen-bond donors (Lipinski definition) is 1. The molecule has 0 aromatic rings. The first-order valence-electron chi connectivity index (χ1n) is 4.80. The van der Waals surface area contributed by atoms with Gasteiger partial charge in [-0.15, -0.1) is 0 Å². The van der Waals surface area contributed by atoms with Gasteiger partial charge in [0.25, 0.3) is 0 Å². The number of rotatable bonds is 1. The van der Waals surface area contributed by atoms with Crippen LogP contribution in [0.5, 0.6) is 0 Å². The Balaban J connectivity index is 2.87. The Morgan fingerprint density at radius 3 is 2.40 bits per heavy atom. The second-order valence-corrected chi connectivity index (χ2v) is 3.74. The lowest BCUT2D eigenvalue weighted by Gasteiger charge is -2.34. The molecule has 15 heavy (non-hydrogen) atoms. The normalized spacial score (nSPS) is 32.5. The van der Waals surface area contributed by atoms with Gasteiger partial charge in [0.15, 0.2) is 0 Å². The summed E-state index contributed by atoms with van der Waals surface area (Å²) in [6, 6.07) is 0. The van der Waals surface area contributed by atoms with Gasteiger partial charge in [0.05, 0.1) is 11.8 Å². The number of hydrogen-bond acceptors (Lipinski definition) is 1. The van der Waals surface area contributed by atoms with Gasteiger partial charge in [0.2, 0.25) is 5.91 Å². The van der Waals surface area contributed by atoms with Crippen LogP contribution in [0.2, 0.25) is 0 Å². The van der Waals surface area contributed by atoms with Crippen molar-refractivity contribution in [1.29, 1.82) is 0 Å². The fraction of sp³-hybridized carbons (Fsp3) is 0.889. The lowest BCUT2D eigenvalue weighted by Crippen LogP contribution is -2.46. The van der Waals surface area contributed by atoms with Gasteiger partial charge < -0.3 is 5.32 Å². The molecule has 1 N–H and O–H groups in total. The van der Waals surface area contributed by atoms with Crippen LogP contribution < -0.4 is 5.32 Å². The first-order valence-corrected chi connectivity index (χ1v) is 4.80. The Morgan fingerprint density at radius 2 is 1.93 bits per heavy atom. The zero-order valence-corrected chi connectivity index (χ0v) is 8.27. The van der Waals surface area contributed by atoms with Crippen LogP contribution >= 0.6 is 0 Å². The number of nitrogens with one attached hydrogen (secondary N) is 1. The van der Waals surface area contributed by atoms with E-state index in [9.17, 15) is 22.4 Å². The Labute approximate surface area is 85.0 Å². The molecule has 0 aromatic heterocycles. The topological polar surface area (TPSA) is 29.1 Å². The summed E-state index contributed by atoms with van der Waals surface area (Å²) in [6.07, 6.45) is -6.14. The van der Waals surface area contributed by atoms with Crippen LogP contribution in [0.15, 0.2) is 0 Å². The minimum atomic E-state index is -4.50. The molecule has 1 rings (SSSR count). The second kappa shape index (κ2) is 4.37. The lowest BCUT2D eigenvalue weighted by atomic mass is 9.77. The van der Waals surface area contributed by atoms with Crippen LogP contribution in [0.3, 0.4) is 0 Å². The molecule has 1 amide bonds. The summed E-state index contributed by atoms with van der Waals surface area (Å²) in [6.45, 7) is 0. The molecule has 0 bridgehead atoms. The van der Waals surface area contributed by atoms with Crippen LogP contribution in [-0.2, 0) is 4.79 Å². The van der Waals surface area contributed by atoms with Crippen LogP contribution in [-0.4, -0.2) is 25.3 Å². The second-order valence-electron chi connectivity index (χ2n) is 3.74. The highest BCUT2D eigenvalue weighted by Gasteiger charge is 2.51. The molecule has 0 spiro atoms. The third-order valence-corrected chi connectivity index (χ3v) is 2.79. The molecule has 1 fully saturated rings. The molecule has 0 saturated heterocycles. The number of amides is 1. The van der Waals surface area contributed by atoms with Crippen molar-refractivity contribution in [1.82, 2.24) is 5.32 Å². The van der Waals surface area contributed by atoms with Gasteiger partial charge in [-0.3, -0.25) is 4.79 Å². The average molecular weight is 227 g/mol. The number of alkyl halides is 4. The highest BCUT2D eigenvalue weighted by atomic mass is 19.4. The van der Waals surface area contributed by atoms with E-state index in [0.29, 0.717) is 0 Å². The molecule has 88 valence electrons. The van der Waals surface area contributed by atoms with Gasteiger partial charge in [-0.2, -0.15) is 13.2 Å². The Hall–Kier alpha value is -0.810. The summed E-state index contributed by atoms with van der Waals surface area (Å²) in [7, 11) is 1.22. The third kappa shape index (κ3) is 2.60. The zero-order valence-electron chi connectivity index (χ0n) is 8.27. The summed E-state index contributed by atoms with van der Waals surface area (Å²) < 4.78 is 50.8. The maximum atomic E-state index is 13.3. The number of halogens is 4. The Kier molecular flexibility index (Phi) is 3.57. The van der Waals surface area contributed by atoms with Crippen LogP contribution in [0, 0.1) is 11.8 Å². The molecule has 1 aliphatic rings.